The second-order valence-corrected chi connectivity index (χ2v) is 5.38. The van der Waals surface area contributed by atoms with Crippen LogP contribution < -0.4 is 10.1 Å². The summed E-state index contributed by atoms with van der Waals surface area (Å²) in [5.74, 6) is 3.31. The van der Waals surface area contributed by atoms with E-state index in [2.05, 4.69) is 39.1 Å². The van der Waals surface area contributed by atoms with E-state index in [0.29, 0.717) is 12.6 Å². The second kappa shape index (κ2) is 4.59. The zero-order chi connectivity index (χ0) is 13.5. The fourth-order valence-corrected chi connectivity index (χ4v) is 3.22. The number of nitrogens with one attached hydrogen (secondary N) is 1. The van der Waals surface area contributed by atoms with Crippen LogP contribution in [0.5, 0.6) is 5.75 Å². The average Bonchev–Trinajstić information content (AvgIpc) is 3.10. The minimum Gasteiger partial charge on any atom is -0.492 e. The first-order valence-electron chi connectivity index (χ1n) is 7.26. The molecular formula is C15H18N4O. The van der Waals surface area contributed by atoms with Gasteiger partial charge in [-0.2, -0.15) is 0 Å². The van der Waals surface area contributed by atoms with E-state index in [-0.39, 0.29) is 5.92 Å². The van der Waals surface area contributed by atoms with E-state index in [0.717, 1.165) is 36.9 Å². The summed E-state index contributed by atoms with van der Waals surface area (Å²) < 4.78 is 8.06. The van der Waals surface area contributed by atoms with Crippen molar-refractivity contribution in [2.24, 2.45) is 0 Å². The molecule has 104 valence electrons. The third-order valence-corrected chi connectivity index (χ3v) is 4.27. The highest BCUT2D eigenvalue weighted by Gasteiger charge is 2.32. The summed E-state index contributed by atoms with van der Waals surface area (Å²) in [6, 6.07) is 8.55. The summed E-state index contributed by atoms with van der Waals surface area (Å²) in [5.41, 5.74) is 1.23. The van der Waals surface area contributed by atoms with Gasteiger partial charge in [0.1, 0.15) is 24.0 Å². The molecule has 0 amide bonds. The monoisotopic (exact) mass is 270 g/mol. The van der Waals surface area contributed by atoms with Crippen molar-refractivity contribution in [2.45, 2.75) is 31.8 Å². The minimum absolute atomic E-state index is 0.211. The molecule has 0 aliphatic carbocycles. The van der Waals surface area contributed by atoms with Crippen molar-refractivity contribution < 1.29 is 4.74 Å². The molecule has 4 rings (SSSR count). The maximum Gasteiger partial charge on any atom is 0.150 e. The molecule has 2 unspecified atom stereocenters. The summed E-state index contributed by atoms with van der Waals surface area (Å²) in [6.45, 7) is 4.76. The molecule has 5 nitrogen and oxygen atoms in total. The molecule has 2 aliphatic heterocycles. The first-order chi connectivity index (χ1) is 9.88. The predicted molar refractivity (Wildman–Crippen MR) is 74.8 cm³/mol. The molecule has 0 radical (unpaired) electrons. The van der Waals surface area contributed by atoms with E-state index in [1.165, 1.54) is 5.56 Å². The Kier molecular flexibility index (Phi) is 2.73. The summed E-state index contributed by atoms with van der Waals surface area (Å²) >= 11 is 0. The Morgan fingerprint density at radius 2 is 2.15 bits per heavy atom. The Hall–Kier alpha value is -1.88. The van der Waals surface area contributed by atoms with Crippen molar-refractivity contribution in [1.29, 1.82) is 0 Å². The fourth-order valence-electron chi connectivity index (χ4n) is 3.22. The van der Waals surface area contributed by atoms with Crippen LogP contribution in [-0.4, -0.2) is 27.9 Å². The smallest absolute Gasteiger partial charge is 0.150 e. The number of hydrogen-bond acceptors (Lipinski definition) is 4. The van der Waals surface area contributed by atoms with Gasteiger partial charge in [0, 0.05) is 18.7 Å². The maximum absolute atomic E-state index is 5.78. The van der Waals surface area contributed by atoms with Gasteiger partial charge in [-0.25, -0.2) is 0 Å². The topological polar surface area (TPSA) is 52.0 Å². The Balaban J connectivity index is 1.76. The SMILES string of the molecule is CCC1NCCn2c1nnc2C1COc2ccccc21. The number of aromatic nitrogens is 3. The van der Waals surface area contributed by atoms with Gasteiger partial charge in [-0.1, -0.05) is 25.1 Å². The van der Waals surface area contributed by atoms with Crippen LogP contribution in [0.2, 0.25) is 0 Å². The fraction of sp³-hybridized carbons (Fsp3) is 0.467. The van der Waals surface area contributed by atoms with Crippen LogP contribution in [-0.2, 0) is 6.54 Å². The number of ether oxygens (including phenoxy) is 1. The average molecular weight is 270 g/mol. The van der Waals surface area contributed by atoms with Crippen LogP contribution in [0.15, 0.2) is 24.3 Å². The lowest BCUT2D eigenvalue weighted by Crippen LogP contribution is -2.34. The molecule has 2 aliphatic rings. The number of para-hydroxylation sites is 1. The lowest BCUT2D eigenvalue weighted by atomic mass is 10.0. The van der Waals surface area contributed by atoms with Crippen LogP contribution in [0.4, 0.5) is 0 Å². The van der Waals surface area contributed by atoms with Gasteiger partial charge >= 0.3 is 0 Å². The molecule has 2 aromatic rings. The van der Waals surface area contributed by atoms with Gasteiger partial charge < -0.3 is 14.6 Å². The van der Waals surface area contributed by atoms with Gasteiger partial charge in [0.2, 0.25) is 0 Å². The molecule has 0 spiro atoms. The Bertz CT molecular complexity index is 637. The van der Waals surface area contributed by atoms with Gasteiger partial charge in [-0.05, 0) is 12.5 Å². The second-order valence-electron chi connectivity index (χ2n) is 5.38. The van der Waals surface area contributed by atoms with Gasteiger partial charge in [-0.3, -0.25) is 0 Å². The van der Waals surface area contributed by atoms with Crippen molar-refractivity contribution in [3.63, 3.8) is 0 Å². The molecule has 0 saturated carbocycles. The molecule has 20 heavy (non-hydrogen) atoms. The minimum atomic E-state index is 0.211. The highest BCUT2D eigenvalue weighted by molar-refractivity contribution is 5.43. The highest BCUT2D eigenvalue weighted by atomic mass is 16.5. The first-order valence-corrected chi connectivity index (χ1v) is 7.26. The van der Waals surface area contributed by atoms with E-state index >= 15 is 0 Å². The molecule has 2 atom stereocenters. The number of benzene rings is 1. The molecule has 3 heterocycles. The highest BCUT2D eigenvalue weighted by Crippen LogP contribution is 2.38. The number of fused-ring (bicyclic) bond motifs is 2. The summed E-state index contributed by atoms with van der Waals surface area (Å²) in [4.78, 5) is 0. The van der Waals surface area contributed by atoms with E-state index in [1.54, 1.807) is 0 Å². The normalized spacial score (nSPS) is 24.1. The van der Waals surface area contributed by atoms with Crippen LogP contribution in [0.25, 0.3) is 0 Å². The van der Waals surface area contributed by atoms with Crippen LogP contribution in [0.1, 0.15) is 42.5 Å². The quantitative estimate of drug-likeness (QED) is 0.905. The molecule has 0 bridgehead atoms. The van der Waals surface area contributed by atoms with Gasteiger partial charge in [-0.15, -0.1) is 10.2 Å². The summed E-state index contributed by atoms with van der Waals surface area (Å²) in [7, 11) is 0. The van der Waals surface area contributed by atoms with E-state index in [4.69, 9.17) is 4.74 Å². The number of hydrogen-bond donors (Lipinski definition) is 1. The van der Waals surface area contributed by atoms with Crippen molar-refractivity contribution in [2.75, 3.05) is 13.2 Å². The number of nitrogens with zero attached hydrogens (tertiary/aromatic N) is 3. The Morgan fingerprint density at radius 3 is 3.05 bits per heavy atom. The Labute approximate surface area is 118 Å². The van der Waals surface area contributed by atoms with Crippen LogP contribution >= 0.6 is 0 Å². The van der Waals surface area contributed by atoms with Crippen molar-refractivity contribution >= 4 is 0 Å². The zero-order valence-corrected chi connectivity index (χ0v) is 11.5. The Morgan fingerprint density at radius 1 is 1.30 bits per heavy atom. The predicted octanol–water partition coefficient (Wildman–Crippen LogP) is 1.86. The molecule has 0 saturated heterocycles. The van der Waals surface area contributed by atoms with E-state index in [1.807, 2.05) is 12.1 Å². The summed E-state index contributed by atoms with van der Waals surface area (Å²) in [5, 5.41) is 12.4. The summed E-state index contributed by atoms with van der Waals surface area (Å²) in [6.07, 6.45) is 1.04. The molecular weight excluding hydrogens is 252 g/mol. The molecule has 1 aromatic carbocycles. The van der Waals surface area contributed by atoms with Gasteiger partial charge in [0.05, 0.1) is 12.0 Å². The molecule has 0 fully saturated rings. The molecule has 5 heteroatoms. The first kappa shape index (κ1) is 11.9. The zero-order valence-electron chi connectivity index (χ0n) is 11.5. The van der Waals surface area contributed by atoms with E-state index < -0.39 is 0 Å². The molecule has 1 N–H and O–H groups in total. The van der Waals surface area contributed by atoms with Crippen LogP contribution in [0, 0.1) is 0 Å². The van der Waals surface area contributed by atoms with E-state index in [9.17, 15) is 0 Å². The largest absolute Gasteiger partial charge is 0.492 e. The van der Waals surface area contributed by atoms with Crippen molar-refractivity contribution in [3.05, 3.63) is 41.5 Å². The van der Waals surface area contributed by atoms with Crippen molar-refractivity contribution in [1.82, 2.24) is 20.1 Å². The maximum atomic E-state index is 5.78. The number of rotatable bonds is 2. The molecule has 1 aromatic heterocycles. The van der Waals surface area contributed by atoms with Crippen LogP contribution in [0.3, 0.4) is 0 Å². The third-order valence-electron chi connectivity index (χ3n) is 4.27. The lowest BCUT2D eigenvalue weighted by Gasteiger charge is -2.24. The lowest BCUT2D eigenvalue weighted by molar-refractivity contribution is 0.333. The van der Waals surface area contributed by atoms with Gasteiger partial charge in [0.25, 0.3) is 0 Å². The third kappa shape index (κ3) is 1.66. The van der Waals surface area contributed by atoms with Crippen molar-refractivity contribution in [3.8, 4) is 5.75 Å². The standard InChI is InChI=1S/C15H18N4O/c1-2-12-15-18-17-14(19(15)8-7-16-12)11-9-20-13-6-4-3-5-10(11)13/h3-6,11-12,16H,2,7-9H2,1H3. The van der Waals surface area contributed by atoms with Gasteiger partial charge in [0.15, 0.2) is 0 Å².